The van der Waals surface area contributed by atoms with Crippen molar-refractivity contribution in [3.63, 3.8) is 0 Å². The van der Waals surface area contributed by atoms with Crippen molar-refractivity contribution in [1.82, 2.24) is 4.98 Å². The number of ether oxygens (including phenoxy) is 1. The van der Waals surface area contributed by atoms with Crippen molar-refractivity contribution < 1.29 is 14.6 Å². The second kappa shape index (κ2) is 6.40. The molecule has 0 amide bonds. The van der Waals surface area contributed by atoms with Crippen LogP contribution in [0.4, 0.5) is 5.69 Å². The number of hydrogen-bond acceptors (Lipinski definition) is 6. The molecule has 0 radical (unpaired) electrons. The average Bonchev–Trinajstić information content (AvgIpc) is 2.55. The SMILES string of the molecule is CCOC(=O)c1cccc(N2N=Cc3ccnc(Cl)c3B2O)c1. The first kappa shape index (κ1) is 15.5. The topological polar surface area (TPSA) is 75.0 Å². The van der Waals surface area contributed by atoms with E-state index in [1.807, 2.05) is 0 Å². The minimum atomic E-state index is -1.09. The lowest BCUT2D eigenvalue weighted by Crippen LogP contribution is -2.51. The van der Waals surface area contributed by atoms with E-state index in [0.29, 0.717) is 28.9 Å². The summed E-state index contributed by atoms with van der Waals surface area (Å²) in [4.78, 5) is 17.2. The standard InChI is InChI=1S/C15H13BClN3O3/c1-2-23-15(21)10-4-3-5-12(8-10)20-16(22)13-11(9-19-20)6-7-18-14(13)17/h3-9,22H,2H2,1H3. The number of benzene rings is 1. The summed E-state index contributed by atoms with van der Waals surface area (Å²) in [6.07, 6.45) is 3.14. The Kier molecular flexibility index (Phi) is 4.32. The number of aromatic nitrogens is 1. The molecule has 23 heavy (non-hydrogen) atoms. The molecule has 8 heteroatoms. The Balaban J connectivity index is 1.96. The Hall–Kier alpha value is -2.38. The van der Waals surface area contributed by atoms with Gasteiger partial charge in [-0.15, -0.1) is 0 Å². The van der Waals surface area contributed by atoms with Crippen LogP contribution in [0.2, 0.25) is 5.15 Å². The zero-order valence-corrected chi connectivity index (χ0v) is 13.1. The first-order chi connectivity index (χ1) is 11.1. The fourth-order valence-corrected chi connectivity index (χ4v) is 2.60. The van der Waals surface area contributed by atoms with Crippen LogP contribution in [0.15, 0.2) is 41.6 Å². The Morgan fingerprint density at radius 1 is 1.43 bits per heavy atom. The Morgan fingerprint density at radius 3 is 3.04 bits per heavy atom. The van der Waals surface area contributed by atoms with Crippen LogP contribution >= 0.6 is 11.6 Å². The van der Waals surface area contributed by atoms with Crippen LogP contribution < -0.4 is 10.4 Å². The van der Waals surface area contributed by atoms with E-state index in [-0.39, 0.29) is 5.15 Å². The van der Waals surface area contributed by atoms with Crippen LogP contribution in [0.5, 0.6) is 0 Å². The quantitative estimate of drug-likeness (QED) is 0.524. The van der Waals surface area contributed by atoms with Crippen LogP contribution in [0.25, 0.3) is 0 Å². The van der Waals surface area contributed by atoms with Crippen molar-refractivity contribution in [2.75, 3.05) is 11.5 Å². The molecule has 1 aliphatic heterocycles. The highest BCUT2D eigenvalue weighted by molar-refractivity contribution is 6.74. The van der Waals surface area contributed by atoms with Gasteiger partial charge in [-0.25, -0.2) is 9.78 Å². The molecule has 1 aromatic carbocycles. The molecule has 0 aliphatic carbocycles. The van der Waals surface area contributed by atoms with Crippen molar-refractivity contribution in [1.29, 1.82) is 0 Å². The van der Waals surface area contributed by atoms with E-state index in [4.69, 9.17) is 16.3 Å². The molecule has 0 saturated carbocycles. The molecule has 0 fully saturated rings. The smallest absolute Gasteiger partial charge is 0.462 e. The van der Waals surface area contributed by atoms with E-state index in [2.05, 4.69) is 10.1 Å². The number of hydrogen-bond donors (Lipinski definition) is 1. The third-order valence-corrected chi connectivity index (χ3v) is 3.71. The van der Waals surface area contributed by atoms with Crippen molar-refractivity contribution in [2.24, 2.45) is 5.10 Å². The summed E-state index contributed by atoms with van der Waals surface area (Å²) in [7, 11) is -1.09. The Morgan fingerprint density at radius 2 is 2.26 bits per heavy atom. The molecule has 1 aromatic heterocycles. The molecule has 116 valence electrons. The normalized spacial score (nSPS) is 13.0. The summed E-state index contributed by atoms with van der Waals surface area (Å²) in [6, 6.07) is 8.40. The van der Waals surface area contributed by atoms with E-state index in [1.54, 1.807) is 49.7 Å². The largest absolute Gasteiger partial charge is 0.474 e. The number of carbonyl (C=O) groups excluding carboxylic acids is 1. The molecule has 3 rings (SSSR count). The third kappa shape index (κ3) is 2.93. The van der Waals surface area contributed by atoms with Gasteiger partial charge in [-0.2, -0.15) is 5.10 Å². The summed E-state index contributed by atoms with van der Waals surface area (Å²) in [5.74, 6) is -0.426. The number of esters is 1. The average molecular weight is 330 g/mol. The zero-order valence-electron chi connectivity index (χ0n) is 12.3. The minimum Gasteiger partial charge on any atom is -0.462 e. The first-order valence-corrected chi connectivity index (χ1v) is 7.42. The fourth-order valence-electron chi connectivity index (χ4n) is 2.34. The van der Waals surface area contributed by atoms with Gasteiger partial charge in [0.1, 0.15) is 5.15 Å². The third-order valence-electron chi connectivity index (χ3n) is 3.41. The second-order valence-electron chi connectivity index (χ2n) is 4.84. The predicted molar refractivity (Wildman–Crippen MR) is 89.3 cm³/mol. The summed E-state index contributed by atoms with van der Waals surface area (Å²) in [6.45, 7) is 2.04. The maximum atomic E-state index is 11.8. The molecule has 0 bridgehead atoms. The monoisotopic (exact) mass is 329 g/mol. The second-order valence-corrected chi connectivity index (χ2v) is 5.20. The molecule has 0 atom stereocenters. The lowest BCUT2D eigenvalue weighted by Gasteiger charge is -2.27. The van der Waals surface area contributed by atoms with Crippen LogP contribution in [0.1, 0.15) is 22.8 Å². The number of hydrazone groups is 1. The highest BCUT2D eigenvalue weighted by atomic mass is 35.5. The van der Waals surface area contributed by atoms with Crippen LogP contribution in [0.3, 0.4) is 0 Å². The summed E-state index contributed by atoms with van der Waals surface area (Å²) < 4.78 is 4.98. The highest BCUT2D eigenvalue weighted by Crippen LogP contribution is 2.21. The molecule has 0 saturated heterocycles. The number of anilines is 1. The van der Waals surface area contributed by atoms with Crippen molar-refractivity contribution in [2.45, 2.75) is 6.92 Å². The van der Waals surface area contributed by atoms with Gasteiger partial charge in [-0.3, -0.25) is 4.92 Å². The molecular weight excluding hydrogens is 316 g/mol. The Labute approximate surface area is 138 Å². The number of carbonyl (C=O) groups is 1. The molecule has 2 heterocycles. The van der Waals surface area contributed by atoms with Gasteiger partial charge in [0.2, 0.25) is 0 Å². The Bertz CT molecular complexity index is 784. The molecule has 6 nitrogen and oxygen atoms in total. The van der Waals surface area contributed by atoms with E-state index >= 15 is 0 Å². The van der Waals surface area contributed by atoms with Crippen molar-refractivity contribution in [3.8, 4) is 0 Å². The molecule has 0 unspecified atom stereocenters. The summed E-state index contributed by atoms with van der Waals surface area (Å²) in [5, 5.41) is 15.0. The van der Waals surface area contributed by atoms with Gasteiger partial charge in [0.25, 0.3) is 0 Å². The lowest BCUT2D eigenvalue weighted by atomic mass is 9.70. The summed E-state index contributed by atoms with van der Waals surface area (Å²) >= 11 is 6.08. The van der Waals surface area contributed by atoms with Crippen molar-refractivity contribution >= 4 is 42.0 Å². The predicted octanol–water partition coefficient (Wildman–Crippen LogP) is 1.45. The maximum absolute atomic E-state index is 11.8. The van der Waals surface area contributed by atoms with Crippen LogP contribution in [-0.2, 0) is 4.74 Å². The van der Waals surface area contributed by atoms with Gasteiger partial charge in [-0.05, 0) is 36.8 Å². The molecule has 2 aromatic rings. The van der Waals surface area contributed by atoms with Crippen LogP contribution in [-0.4, -0.2) is 35.8 Å². The van der Waals surface area contributed by atoms with Crippen molar-refractivity contribution in [3.05, 3.63) is 52.8 Å². The summed E-state index contributed by atoms with van der Waals surface area (Å²) in [5.41, 5.74) is 2.11. The van der Waals surface area contributed by atoms with E-state index in [9.17, 15) is 9.82 Å². The molecular formula is C15H13BClN3O3. The molecule has 0 spiro atoms. The molecule has 1 N–H and O–H groups in total. The maximum Gasteiger partial charge on any atom is 0.474 e. The first-order valence-electron chi connectivity index (χ1n) is 7.04. The fraction of sp³-hybridized carbons (Fsp3) is 0.133. The number of halogens is 1. The van der Waals surface area contributed by atoms with E-state index in [0.717, 1.165) is 0 Å². The number of pyridine rings is 1. The van der Waals surface area contributed by atoms with E-state index in [1.165, 1.54) is 4.92 Å². The van der Waals surface area contributed by atoms with Gasteiger partial charge in [0.05, 0.1) is 18.4 Å². The number of rotatable bonds is 3. The van der Waals surface area contributed by atoms with Gasteiger partial charge >= 0.3 is 13.0 Å². The van der Waals surface area contributed by atoms with Gasteiger partial charge in [0, 0.05) is 17.3 Å². The molecule has 1 aliphatic rings. The zero-order chi connectivity index (χ0) is 16.4. The number of nitrogens with zero attached hydrogens (tertiary/aromatic N) is 3. The number of fused-ring (bicyclic) bond motifs is 1. The minimum absolute atomic E-state index is 0.215. The van der Waals surface area contributed by atoms with E-state index < -0.39 is 13.0 Å². The van der Waals surface area contributed by atoms with Crippen LogP contribution in [0, 0.1) is 0 Å². The van der Waals surface area contributed by atoms with Gasteiger partial charge in [-0.1, -0.05) is 17.7 Å². The lowest BCUT2D eigenvalue weighted by molar-refractivity contribution is 0.0526. The highest BCUT2D eigenvalue weighted by Gasteiger charge is 2.33. The van der Waals surface area contributed by atoms with Gasteiger partial charge < -0.3 is 9.76 Å². The van der Waals surface area contributed by atoms with Gasteiger partial charge in [0.15, 0.2) is 0 Å².